The van der Waals surface area contributed by atoms with E-state index in [9.17, 15) is 8.42 Å². The van der Waals surface area contributed by atoms with E-state index in [1.807, 2.05) is 18.2 Å². The van der Waals surface area contributed by atoms with Gasteiger partial charge in [0, 0.05) is 35.2 Å². The first kappa shape index (κ1) is 14.4. The first-order valence-electron chi connectivity index (χ1n) is 5.79. The van der Waals surface area contributed by atoms with E-state index in [1.54, 1.807) is 6.07 Å². The van der Waals surface area contributed by atoms with Crippen LogP contribution < -0.4 is 10.5 Å². The molecule has 0 unspecified atom stereocenters. The van der Waals surface area contributed by atoms with Gasteiger partial charge in [0.05, 0.1) is 6.61 Å². The number of ether oxygens (including phenoxy) is 1. The Kier molecular flexibility index (Phi) is 4.54. The van der Waals surface area contributed by atoms with Crippen LogP contribution in [0.5, 0.6) is 0 Å². The fraction of sp³-hybridized carbons (Fsp3) is 0.333. The number of fused-ring (bicyclic) bond motifs is 1. The van der Waals surface area contributed by atoms with Crippen molar-refractivity contribution in [2.45, 2.75) is 11.4 Å². The molecular weight excluding hydrogens is 284 g/mol. The molecule has 0 aliphatic carbocycles. The molecule has 104 valence electrons. The first-order valence-corrected chi connectivity index (χ1v) is 8.09. The number of sulfonamides is 1. The fourth-order valence-electron chi connectivity index (χ4n) is 1.85. The summed E-state index contributed by atoms with van der Waals surface area (Å²) < 4.78 is 33.0. The third-order valence-electron chi connectivity index (χ3n) is 2.67. The van der Waals surface area contributed by atoms with Crippen molar-refractivity contribution in [3.05, 3.63) is 29.1 Å². The van der Waals surface area contributed by atoms with Crippen LogP contribution in [0.3, 0.4) is 0 Å². The minimum Gasteiger partial charge on any atom is -0.383 e. The van der Waals surface area contributed by atoms with E-state index in [1.165, 1.54) is 18.4 Å². The SMILES string of the molecule is COCCNS(=O)(=O)c1c(CN)sc2ccccc12. The van der Waals surface area contributed by atoms with Crippen LogP contribution >= 0.6 is 11.3 Å². The van der Waals surface area contributed by atoms with E-state index < -0.39 is 10.0 Å². The van der Waals surface area contributed by atoms with Crippen LogP contribution in [0.2, 0.25) is 0 Å². The Morgan fingerprint density at radius 3 is 2.79 bits per heavy atom. The van der Waals surface area contributed by atoms with Crippen molar-refractivity contribution in [3.63, 3.8) is 0 Å². The van der Waals surface area contributed by atoms with Crippen LogP contribution in [-0.2, 0) is 21.3 Å². The Morgan fingerprint density at radius 1 is 1.37 bits per heavy atom. The lowest BCUT2D eigenvalue weighted by Gasteiger charge is -2.07. The van der Waals surface area contributed by atoms with Gasteiger partial charge in [-0.3, -0.25) is 0 Å². The van der Waals surface area contributed by atoms with Gasteiger partial charge in [0.1, 0.15) is 4.90 Å². The van der Waals surface area contributed by atoms with Crippen molar-refractivity contribution < 1.29 is 13.2 Å². The molecule has 7 heteroatoms. The average Bonchev–Trinajstić information content (AvgIpc) is 2.78. The molecule has 0 fully saturated rings. The molecule has 0 saturated heterocycles. The average molecular weight is 300 g/mol. The first-order chi connectivity index (χ1) is 9.10. The van der Waals surface area contributed by atoms with Gasteiger partial charge in [0.25, 0.3) is 0 Å². The zero-order chi connectivity index (χ0) is 13.9. The molecular formula is C12H16N2O3S2. The number of hydrogen-bond acceptors (Lipinski definition) is 5. The standard InChI is InChI=1S/C12H16N2O3S2/c1-17-7-6-14-19(15,16)12-9-4-2-3-5-10(9)18-11(12)8-13/h2-5,14H,6-8,13H2,1H3. The Hall–Kier alpha value is -0.990. The lowest BCUT2D eigenvalue weighted by Crippen LogP contribution is -2.27. The lowest BCUT2D eigenvalue weighted by atomic mass is 10.2. The molecule has 2 rings (SSSR count). The van der Waals surface area contributed by atoms with Crippen molar-refractivity contribution >= 4 is 31.4 Å². The van der Waals surface area contributed by atoms with Crippen LogP contribution in [0.4, 0.5) is 0 Å². The molecule has 0 atom stereocenters. The zero-order valence-electron chi connectivity index (χ0n) is 10.5. The van der Waals surface area contributed by atoms with Crippen LogP contribution in [0, 0.1) is 0 Å². The second-order valence-corrected chi connectivity index (χ2v) is 6.79. The summed E-state index contributed by atoms with van der Waals surface area (Å²) in [6.45, 7) is 0.784. The maximum absolute atomic E-state index is 12.3. The molecule has 1 aromatic heterocycles. The number of benzene rings is 1. The largest absolute Gasteiger partial charge is 0.383 e. The molecule has 0 aliphatic rings. The van der Waals surface area contributed by atoms with Gasteiger partial charge in [-0.1, -0.05) is 18.2 Å². The Balaban J connectivity index is 2.48. The van der Waals surface area contributed by atoms with Crippen LogP contribution in [-0.4, -0.2) is 28.7 Å². The highest BCUT2D eigenvalue weighted by atomic mass is 32.2. The summed E-state index contributed by atoms with van der Waals surface area (Å²) in [6.07, 6.45) is 0. The monoisotopic (exact) mass is 300 g/mol. The summed E-state index contributed by atoms with van der Waals surface area (Å²) in [5.74, 6) is 0. The van der Waals surface area contributed by atoms with Gasteiger partial charge in [-0.05, 0) is 6.07 Å². The zero-order valence-corrected chi connectivity index (χ0v) is 12.2. The Bertz CT molecular complexity index is 665. The second kappa shape index (κ2) is 5.98. The molecule has 2 aromatic rings. The van der Waals surface area contributed by atoms with E-state index in [2.05, 4.69) is 4.72 Å². The predicted octanol–water partition coefficient (Wildman–Crippen LogP) is 1.28. The normalized spacial score (nSPS) is 12.1. The summed E-state index contributed by atoms with van der Waals surface area (Å²) in [4.78, 5) is 0.970. The Labute approximate surface area is 116 Å². The van der Waals surface area contributed by atoms with Crippen molar-refractivity contribution in [1.29, 1.82) is 0 Å². The summed E-state index contributed by atoms with van der Waals surface area (Å²) in [5, 5.41) is 0.720. The van der Waals surface area contributed by atoms with Crippen molar-refractivity contribution in [3.8, 4) is 0 Å². The Morgan fingerprint density at radius 2 is 2.11 bits per heavy atom. The van der Waals surface area contributed by atoms with E-state index >= 15 is 0 Å². The molecule has 0 aliphatic heterocycles. The molecule has 1 heterocycles. The van der Waals surface area contributed by atoms with Crippen molar-refractivity contribution in [2.75, 3.05) is 20.3 Å². The lowest BCUT2D eigenvalue weighted by molar-refractivity contribution is 0.204. The minimum absolute atomic E-state index is 0.208. The van der Waals surface area contributed by atoms with Crippen LogP contribution in [0.1, 0.15) is 4.88 Å². The molecule has 0 saturated carbocycles. The molecule has 0 radical (unpaired) electrons. The van der Waals surface area contributed by atoms with Gasteiger partial charge in [0.2, 0.25) is 10.0 Å². The minimum atomic E-state index is -3.56. The van der Waals surface area contributed by atoms with Gasteiger partial charge in [-0.25, -0.2) is 13.1 Å². The molecule has 0 bridgehead atoms. The third kappa shape index (κ3) is 2.96. The number of methoxy groups -OCH3 is 1. The second-order valence-electron chi connectivity index (χ2n) is 3.95. The maximum Gasteiger partial charge on any atom is 0.242 e. The maximum atomic E-state index is 12.3. The van der Waals surface area contributed by atoms with Crippen LogP contribution in [0.15, 0.2) is 29.2 Å². The summed E-state index contributed by atoms with van der Waals surface area (Å²) >= 11 is 1.41. The van der Waals surface area contributed by atoms with Gasteiger partial charge in [-0.15, -0.1) is 11.3 Å². The summed E-state index contributed by atoms with van der Waals surface area (Å²) in [6, 6.07) is 7.40. The number of hydrogen-bond donors (Lipinski definition) is 2. The van der Waals surface area contributed by atoms with E-state index in [-0.39, 0.29) is 13.1 Å². The summed E-state index contributed by atoms with van der Waals surface area (Å²) in [7, 11) is -2.03. The quantitative estimate of drug-likeness (QED) is 0.788. The highest BCUT2D eigenvalue weighted by Gasteiger charge is 2.23. The van der Waals surface area contributed by atoms with E-state index in [0.717, 1.165) is 10.1 Å². The molecule has 0 spiro atoms. The summed E-state index contributed by atoms with van der Waals surface area (Å²) in [5.41, 5.74) is 5.66. The van der Waals surface area contributed by atoms with E-state index in [0.29, 0.717) is 16.4 Å². The number of thiophene rings is 1. The number of nitrogens with one attached hydrogen (secondary N) is 1. The number of rotatable bonds is 6. The molecule has 3 N–H and O–H groups in total. The fourth-order valence-corrected chi connectivity index (χ4v) is 4.70. The van der Waals surface area contributed by atoms with Gasteiger partial charge >= 0.3 is 0 Å². The van der Waals surface area contributed by atoms with Crippen molar-refractivity contribution in [1.82, 2.24) is 4.72 Å². The molecule has 0 amide bonds. The van der Waals surface area contributed by atoms with Gasteiger partial charge in [0.15, 0.2) is 0 Å². The van der Waals surface area contributed by atoms with Gasteiger partial charge < -0.3 is 10.5 Å². The van der Waals surface area contributed by atoms with Crippen LogP contribution in [0.25, 0.3) is 10.1 Å². The van der Waals surface area contributed by atoms with E-state index in [4.69, 9.17) is 10.5 Å². The molecule has 5 nitrogen and oxygen atoms in total. The molecule has 1 aromatic carbocycles. The van der Waals surface area contributed by atoms with Gasteiger partial charge in [-0.2, -0.15) is 0 Å². The topological polar surface area (TPSA) is 81.4 Å². The molecule has 19 heavy (non-hydrogen) atoms. The highest BCUT2D eigenvalue weighted by Crippen LogP contribution is 2.34. The number of nitrogens with two attached hydrogens (primary N) is 1. The predicted molar refractivity (Wildman–Crippen MR) is 76.8 cm³/mol. The smallest absolute Gasteiger partial charge is 0.242 e. The third-order valence-corrected chi connectivity index (χ3v) is 5.58. The van der Waals surface area contributed by atoms with Crippen molar-refractivity contribution in [2.24, 2.45) is 5.73 Å². The highest BCUT2D eigenvalue weighted by molar-refractivity contribution is 7.90.